The zero-order chi connectivity index (χ0) is 13.2. The molecule has 3 nitrogen and oxygen atoms in total. The van der Waals surface area contributed by atoms with Gasteiger partial charge in [-0.1, -0.05) is 12.1 Å². The van der Waals surface area contributed by atoms with E-state index in [1.165, 1.54) is 12.1 Å². The highest BCUT2D eigenvalue weighted by molar-refractivity contribution is 5.24. The van der Waals surface area contributed by atoms with Crippen molar-refractivity contribution in [1.82, 2.24) is 0 Å². The highest BCUT2D eigenvalue weighted by Gasteiger charge is 2.43. The minimum Gasteiger partial charge on any atom is -0.385 e. The van der Waals surface area contributed by atoms with E-state index in [9.17, 15) is 9.50 Å². The molecule has 0 spiro atoms. The van der Waals surface area contributed by atoms with E-state index in [4.69, 9.17) is 9.47 Å². The predicted molar refractivity (Wildman–Crippen MR) is 65.5 cm³/mol. The molecule has 0 amide bonds. The van der Waals surface area contributed by atoms with Crippen LogP contribution < -0.4 is 0 Å². The smallest absolute Gasteiger partial charge is 0.167 e. The largest absolute Gasteiger partial charge is 0.385 e. The van der Waals surface area contributed by atoms with Crippen molar-refractivity contribution in [3.05, 3.63) is 35.6 Å². The standard InChI is InChI=1S/C14H19FO3/c1-17-14(18-2)8-6-13(16,7-9-14)11-4-3-5-12(15)10-11/h3-5,10,16H,6-9H2,1-2H3. The van der Waals surface area contributed by atoms with E-state index in [0.717, 1.165) is 0 Å². The Kier molecular flexibility index (Phi) is 3.71. The molecule has 2 rings (SSSR count). The van der Waals surface area contributed by atoms with Crippen molar-refractivity contribution < 1.29 is 19.0 Å². The zero-order valence-corrected chi connectivity index (χ0v) is 10.8. The van der Waals surface area contributed by atoms with Crippen LogP contribution in [0.5, 0.6) is 0 Å². The molecule has 18 heavy (non-hydrogen) atoms. The summed E-state index contributed by atoms with van der Waals surface area (Å²) in [5.41, 5.74) is -0.355. The average Bonchev–Trinajstić information content (AvgIpc) is 2.40. The van der Waals surface area contributed by atoms with Crippen LogP contribution in [0.15, 0.2) is 24.3 Å². The first-order valence-corrected chi connectivity index (χ1v) is 6.12. The number of hydrogen-bond donors (Lipinski definition) is 1. The Morgan fingerprint density at radius 1 is 1.11 bits per heavy atom. The number of rotatable bonds is 3. The first-order chi connectivity index (χ1) is 8.53. The van der Waals surface area contributed by atoms with Crippen molar-refractivity contribution in [2.75, 3.05) is 14.2 Å². The maximum Gasteiger partial charge on any atom is 0.167 e. The molecule has 1 aromatic carbocycles. The van der Waals surface area contributed by atoms with Gasteiger partial charge in [0.2, 0.25) is 0 Å². The Bertz CT molecular complexity index is 405. The molecule has 0 bridgehead atoms. The summed E-state index contributed by atoms with van der Waals surface area (Å²) < 4.78 is 24.0. The van der Waals surface area contributed by atoms with Crippen LogP contribution in [0.3, 0.4) is 0 Å². The van der Waals surface area contributed by atoms with Crippen LogP contribution in [0.1, 0.15) is 31.2 Å². The summed E-state index contributed by atoms with van der Waals surface area (Å²) >= 11 is 0. The van der Waals surface area contributed by atoms with Crippen molar-refractivity contribution in [2.45, 2.75) is 37.1 Å². The van der Waals surface area contributed by atoms with Gasteiger partial charge < -0.3 is 14.6 Å². The molecule has 0 heterocycles. The fourth-order valence-electron chi connectivity index (χ4n) is 2.60. The van der Waals surface area contributed by atoms with Gasteiger partial charge in [0.05, 0.1) is 5.60 Å². The molecule has 0 radical (unpaired) electrons. The molecule has 1 aliphatic carbocycles. The van der Waals surface area contributed by atoms with Crippen LogP contribution in [0.2, 0.25) is 0 Å². The second-order valence-electron chi connectivity index (χ2n) is 4.86. The molecule has 0 aromatic heterocycles. The monoisotopic (exact) mass is 254 g/mol. The number of ether oxygens (including phenoxy) is 2. The van der Waals surface area contributed by atoms with Gasteiger partial charge in [-0.05, 0) is 30.5 Å². The minimum atomic E-state index is -0.983. The lowest BCUT2D eigenvalue weighted by atomic mass is 9.77. The van der Waals surface area contributed by atoms with Gasteiger partial charge in [-0.3, -0.25) is 0 Å². The fraction of sp³-hybridized carbons (Fsp3) is 0.571. The summed E-state index contributed by atoms with van der Waals surface area (Å²) in [5.74, 6) is -0.934. The number of aliphatic hydroxyl groups is 1. The van der Waals surface area contributed by atoms with Gasteiger partial charge in [0.15, 0.2) is 5.79 Å². The Morgan fingerprint density at radius 3 is 2.22 bits per heavy atom. The molecular formula is C14H19FO3. The van der Waals surface area contributed by atoms with Crippen molar-refractivity contribution in [3.63, 3.8) is 0 Å². The van der Waals surface area contributed by atoms with Crippen LogP contribution in [0.4, 0.5) is 4.39 Å². The molecule has 0 unspecified atom stereocenters. The molecule has 0 atom stereocenters. The fourth-order valence-corrected chi connectivity index (χ4v) is 2.60. The molecule has 100 valence electrons. The van der Waals surface area contributed by atoms with Gasteiger partial charge in [0.1, 0.15) is 5.82 Å². The van der Waals surface area contributed by atoms with Crippen molar-refractivity contribution in [1.29, 1.82) is 0 Å². The van der Waals surface area contributed by atoms with Gasteiger partial charge in [0.25, 0.3) is 0 Å². The minimum absolute atomic E-state index is 0.323. The second-order valence-corrected chi connectivity index (χ2v) is 4.86. The number of methoxy groups -OCH3 is 2. The van der Waals surface area contributed by atoms with Crippen LogP contribution >= 0.6 is 0 Å². The highest BCUT2D eigenvalue weighted by atomic mass is 19.1. The maximum absolute atomic E-state index is 13.2. The van der Waals surface area contributed by atoms with Crippen LogP contribution in [-0.4, -0.2) is 25.1 Å². The van der Waals surface area contributed by atoms with Crippen LogP contribution in [0.25, 0.3) is 0 Å². The quantitative estimate of drug-likeness (QED) is 0.843. The van der Waals surface area contributed by atoms with E-state index < -0.39 is 11.4 Å². The molecule has 1 aromatic rings. The average molecular weight is 254 g/mol. The summed E-state index contributed by atoms with van der Waals surface area (Å²) in [6.45, 7) is 0. The van der Waals surface area contributed by atoms with Gasteiger partial charge >= 0.3 is 0 Å². The van der Waals surface area contributed by atoms with Gasteiger partial charge in [-0.25, -0.2) is 4.39 Å². The van der Waals surface area contributed by atoms with E-state index >= 15 is 0 Å². The SMILES string of the molecule is COC1(OC)CCC(O)(c2cccc(F)c2)CC1. The third-order valence-electron chi connectivity index (χ3n) is 3.94. The maximum atomic E-state index is 13.2. The lowest BCUT2D eigenvalue weighted by Crippen LogP contribution is -2.43. The Labute approximate surface area is 107 Å². The summed E-state index contributed by atoms with van der Waals surface area (Å²) in [7, 11) is 3.21. The summed E-state index contributed by atoms with van der Waals surface area (Å²) in [6, 6.07) is 6.16. The van der Waals surface area contributed by atoms with Crippen LogP contribution in [-0.2, 0) is 15.1 Å². The number of halogens is 1. The number of hydrogen-bond acceptors (Lipinski definition) is 3. The van der Waals surface area contributed by atoms with Gasteiger partial charge in [-0.15, -0.1) is 0 Å². The van der Waals surface area contributed by atoms with Crippen molar-refractivity contribution in [3.8, 4) is 0 Å². The first-order valence-electron chi connectivity index (χ1n) is 6.12. The highest BCUT2D eigenvalue weighted by Crippen LogP contribution is 2.42. The van der Waals surface area contributed by atoms with E-state index in [-0.39, 0.29) is 5.82 Å². The molecular weight excluding hydrogens is 235 g/mol. The Hall–Kier alpha value is -0.970. The molecule has 4 heteroatoms. The number of benzene rings is 1. The summed E-state index contributed by atoms with van der Waals surface area (Å²) in [6.07, 6.45) is 2.18. The third-order valence-corrected chi connectivity index (χ3v) is 3.94. The summed E-state index contributed by atoms with van der Waals surface area (Å²) in [4.78, 5) is 0. The molecule has 1 fully saturated rings. The molecule has 1 aliphatic rings. The molecule has 1 N–H and O–H groups in total. The summed E-state index contributed by atoms with van der Waals surface area (Å²) in [5, 5.41) is 10.6. The lowest BCUT2D eigenvalue weighted by Gasteiger charge is -2.42. The predicted octanol–water partition coefficient (Wildman–Crippen LogP) is 2.58. The Morgan fingerprint density at radius 2 is 1.72 bits per heavy atom. The molecule has 0 saturated heterocycles. The van der Waals surface area contributed by atoms with E-state index in [0.29, 0.717) is 31.2 Å². The third kappa shape index (κ3) is 2.41. The van der Waals surface area contributed by atoms with E-state index in [1.54, 1.807) is 26.4 Å². The van der Waals surface area contributed by atoms with Crippen LogP contribution in [0, 0.1) is 5.82 Å². The second kappa shape index (κ2) is 4.96. The van der Waals surface area contributed by atoms with E-state index in [2.05, 4.69) is 0 Å². The molecule has 1 saturated carbocycles. The Balaban J connectivity index is 2.16. The zero-order valence-electron chi connectivity index (χ0n) is 10.8. The topological polar surface area (TPSA) is 38.7 Å². The lowest BCUT2D eigenvalue weighted by molar-refractivity contribution is -0.243. The first kappa shape index (κ1) is 13.5. The van der Waals surface area contributed by atoms with Gasteiger partial charge in [-0.2, -0.15) is 0 Å². The van der Waals surface area contributed by atoms with Gasteiger partial charge in [0, 0.05) is 27.1 Å². The van der Waals surface area contributed by atoms with E-state index in [1.807, 2.05) is 0 Å². The van der Waals surface area contributed by atoms with Crippen molar-refractivity contribution in [2.24, 2.45) is 0 Å². The van der Waals surface area contributed by atoms with Crippen molar-refractivity contribution >= 4 is 0 Å². The normalized spacial score (nSPS) is 21.8. The molecule has 0 aliphatic heterocycles.